The van der Waals surface area contributed by atoms with Crippen molar-refractivity contribution in [2.24, 2.45) is 5.92 Å². The Morgan fingerprint density at radius 3 is 2.61 bits per heavy atom. The first kappa shape index (κ1) is 26.2. The summed E-state index contributed by atoms with van der Waals surface area (Å²) in [6.45, 7) is 10.6. The maximum Gasteiger partial charge on any atom is 0.244 e. The highest BCUT2D eigenvalue weighted by Gasteiger charge is 2.25. The van der Waals surface area contributed by atoms with Gasteiger partial charge >= 0.3 is 0 Å². The number of para-hydroxylation sites is 1. The molecule has 2 aromatic carbocycles. The molecular weight excluding hydrogens is 481 g/mol. The molecule has 0 radical (unpaired) electrons. The predicted octanol–water partition coefficient (Wildman–Crippen LogP) is 4.28. The second kappa shape index (κ2) is 12.0. The molecule has 5 rings (SSSR count). The number of benzene rings is 2. The Hall–Kier alpha value is -3.39. The van der Waals surface area contributed by atoms with Gasteiger partial charge in [-0.15, -0.1) is 0 Å². The van der Waals surface area contributed by atoms with Crippen molar-refractivity contribution in [1.82, 2.24) is 19.6 Å². The first-order valence-corrected chi connectivity index (χ1v) is 13.7. The fourth-order valence-corrected chi connectivity index (χ4v) is 5.55. The number of ether oxygens (including phenoxy) is 1. The largest absolute Gasteiger partial charge is 0.493 e. The molecule has 1 aromatic heterocycles. The Labute approximate surface area is 224 Å². The molecule has 2 aliphatic heterocycles. The Morgan fingerprint density at radius 1 is 1.03 bits per heavy atom. The first-order chi connectivity index (χ1) is 18.4. The van der Waals surface area contributed by atoms with Crippen LogP contribution in [-0.4, -0.2) is 71.4 Å². The molecule has 0 saturated carbocycles. The number of rotatable bonds is 8. The van der Waals surface area contributed by atoms with E-state index in [1.807, 2.05) is 49.1 Å². The van der Waals surface area contributed by atoms with E-state index >= 15 is 0 Å². The number of aromatic nitrogens is 2. The van der Waals surface area contributed by atoms with Gasteiger partial charge in [0.1, 0.15) is 18.1 Å². The summed E-state index contributed by atoms with van der Waals surface area (Å²) in [6, 6.07) is 17.3. The van der Waals surface area contributed by atoms with Crippen LogP contribution in [0.2, 0.25) is 0 Å². The summed E-state index contributed by atoms with van der Waals surface area (Å²) < 4.78 is 22.1. The van der Waals surface area contributed by atoms with Gasteiger partial charge in [0.15, 0.2) is 0 Å². The van der Waals surface area contributed by atoms with Gasteiger partial charge in [0.25, 0.3) is 0 Å². The summed E-state index contributed by atoms with van der Waals surface area (Å²) in [5.74, 6) is 1.17. The summed E-state index contributed by atoms with van der Waals surface area (Å²) in [6.07, 6.45) is 2.06. The topological polar surface area (TPSA) is 53.8 Å². The highest BCUT2D eigenvalue weighted by Crippen LogP contribution is 2.23. The zero-order valence-corrected chi connectivity index (χ0v) is 22.5. The lowest BCUT2D eigenvalue weighted by atomic mass is 9.99. The highest BCUT2D eigenvalue weighted by molar-refractivity contribution is 5.76. The van der Waals surface area contributed by atoms with Crippen LogP contribution in [0.25, 0.3) is 0 Å². The van der Waals surface area contributed by atoms with E-state index in [1.165, 1.54) is 11.6 Å². The van der Waals surface area contributed by atoms with Crippen LogP contribution in [0.15, 0.2) is 54.6 Å². The van der Waals surface area contributed by atoms with Crippen molar-refractivity contribution in [3.63, 3.8) is 0 Å². The van der Waals surface area contributed by atoms with Gasteiger partial charge in [-0.1, -0.05) is 24.3 Å². The maximum atomic E-state index is 14.1. The van der Waals surface area contributed by atoms with E-state index in [2.05, 4.69) is 27.0 Å². The molecule has 8 heteroatoms. The predicted molar refractivity (Wildman–Crippen MR) is 147 cm³/mol. The van der Waals surface area contributed by atoms with Gasteiger partial charge in [-0.3, -0.25) is 14.4 Å². The van der Waals surface area contributed by atoms with Gasteiger partial charge in [0, 0.05) is 57.4 Å². The molecule has 2 saturated heterocycles. The second-order valence-electron chi connectivity index (χ2n) is 10.6. The zero-order chi connectivity index (χ0) is 26.5. The van der Waals surface area contributed by atoms with Crippen LogP contribution in [0.3, 0.4) is 0 Å². The number of piperazine rings is 1. The number of amides is 1. The van der Waals surface area contributed by atoms with Crippen LogP contribution in [0.5, 0.6) is 5.75 Å². The molecule has 1 amide bonds. The van der Waals surface area contributed by atoms with Crippen molar-refractivity contribution in [1.29, 1.82) is 0 Å². The van der Waals surface area contributed by atoms with Crippen molar-refractivity contribution >= 4 is 11.6 Å². The Morgan fingerprint density at radius 2 is 1.84 bits per heavy atom. The average Bonchev–Trinajstić information content (AvgIpc) is 3.24. The average molecular weight is 520 g/mol. The fourth-order valence-electron chi connectivity index (χ4n) is 5.55. The molecule has 3 heterocycles. The molecule has 202 valence electrons. The molecule has 7 nitrogen and oxygen atoms in total. The lowest BCUT2D eigenvalue weighted by Crippen LogP contribution is -2.46. The summed E-state index contributed by atoms with van der Waals surface area (Å²) in [5.41, 5.74) is 3.86. The number of piperidine rings is 1. The molecule has 0 aliphatic carbocycles. The minimum atomic E-state index is -0.153. The number of aryl methyl sites for hydroxylation is 2. The fraction of sp³-hybridized carbons (Fsp3) is 0.467. The number of hydrogen-bond acceptors (Lipinski definition) is 5. The van der Waals surface area contributed by atoms with Crippen molar-refractivity contribution in [3.05, 3.63) is 77.4 Å². The van der Waals surface area contributed by atoms with Crippen molar-refractivity contribution in [2.75, 3.05) is 50.8 Å². The van der Waals surface area contributed by atoms with Crippen molar-refractivity contribution in [3.8, 4) is 5.75 Å². The van der Waals surface area contributed by atoms with Gasteiger partial charge < -0.3 is 14.5 Å². The van der Waals surface area contributed by atoms with Crippen molar-refractivity contribution < 1.29 is 13.9 Å². The van der Waals surface area contributed by atoms with Crippen LogP contribution < -0.4 is 9.64 Å². The van der Waals surface area contributed by atoms with E-state index in [1.54, 1.807) is 10.7 Å². The third-order valence-electron chi connectivity index (χ3n) is 7.62. The summed E-state index contributed by atoms with van der Waals surface area (Å²) in [7, 11) is 0. The highest BCUT2D eigenvalue weighted by atomic mass is 19.1. The standard InChI is InChI=1S/C30H38FN5O2/c1-23-17-24(2)36(32-23)21-30(37)35-12-6-8-26(20-35)22-38-27-9-5-7-25(18-27)19-33-13-15-34(16-14-33)29-11-4-3-10-28(29)31/h3-5,7,9-11,17-18,26H,6,8,12-16,19-22H2,1-2H3/t26-/m1/s1. The minimum Gasteiger partial charge on any atom is -0.493 e. The third kappa shape index (κ3) is 6.54. The molecule has 3 aromatic rings. The molecule has 2 aliphatic rings. The van der Waals surface area contributed by atoms with E-state index < -0.39 is 0 Å². The number of halogens is 1. The maximum absolute atomic E-state index is 14.1. The first-order valence-electron chi connectivity index (χ1n) is 13.7. The SMILES string of the molecule is Cc1cc(C)n(CC(=O)N2CCC[C@@H](COc3cccc(CN4CCN(c5ccccc5F)CC4)c3)C2)n1. The number of carbonyl (C=O) groups excluding carboxylic acids is 1. The number of likely N-dealkylation sites (tertiary alicyclic amines) is 1. The van der Waals surface area contributed by atoms with Crippen molar-refractivity contribution in [2.45, 2.75) is 39.8 Å². The summed E-state index contributed by atoms with van der Waals surface area (Å²) >= 11 is 0. The molecule has 0 spiro atoms. The van der Waals surface area contributed by atoms with Gasteiger partial charge in [-0.25, -0.2) is 4.39 Å². The zero-order valence-electron chi connectivity index (χ0n) is 22.5. The number of carbonyl (C=O) groups is 1. The Kier molecular flexibility index (Phi) is 8.27. The monoisotopic (exact) mass is 519 g/mol. The van der Waals surface area contributed by atoms with E-state index in [0.717, 1.165) is 75.8 Å². The Balaban J connectivity index is 1.09. The lowest BCUT2D eigenvalue weighted by molar-refractivity contribution is -0.134. The smallest absolute Gasteiger partial charge is 0.244 e. The van der Waals surface area contributed by atoms with Gasteiger partial charge in [0.05, 0.1) is 18.0 Å². The molecule has 0 bridgehead atoms. The number of nitrogens with zero attached hydrogens (tertiary/aromatic N) is 5. The van der Waals surface area contributed by atoms with Gasteiger partial charge in [0.2, 0.25) is 5.91 Å². The van der Waals surface area contributed by atoms with Gasteiger partial charge in [-0.2, -0.15) is 5.10 Å². The molecule has 2 fully saturated rings. The van der Waals surface area contributed by atoms with Crippen LogP contribution >= 0.6 is 0 Å². The molecule has 38 heavy (non-hydrogen) atoms. The van der Waals surface area contributed by atoms with E-state index in [4.69, 9.17) is 4.74 Å². The van der Waals surface area contributed by atoms with Crippen LogP contribution in [0.1, 0.15) is 29.8 Å². The van der Waals surface area contributed by atoms with Gasteiger partial charge in [-0.05, 0) is 62.6 Å². The van der Waals surface area contributed by atoms with Crippen LogP contribution in [0, 0.1) is 25.6 Å². The quantitative estimate of drug-likeness (QED) is 0.445. The second-order valence-corrected chi connectivity index (χ2v) is 10.6. The number of anilines is 1. The Bertz CT molecular complexity index is 1240. The minimum absolute atomic E-state index is 0.123. The van der Waals surface area contributed by atoms with E-state index in [-0.39, 0.29) is 11.7 Å². The molecule has 0 unspecified atom stereocenters. The lowest BCUT2D eigenvalue weighted by Gasteiger charge is -2.36. The van der Waals surface area contributed by atoms with Crippen LogP contribution in [0.4, 0.5) is 10.1 Å². The van der Waals surface area contributed by atoms with Crippen LogP contribution in [-0.2, 0) is 17.9 Å². The normalized spacial score (nSPS) is 18.6. The number of hydrogen-bond donors (Lipinski definition) is 0. The summed E-state index contributed by atoms with van der Waals surface area (Å²) in [5, 5.41) is 4.43. The van der Waals surface area contributed by atoms with E-state index in [0.29, 0.717) is 24.8 Å². The molecule has 1 atom stereocenters. The van der Waals surface area contributed by atoms with E-state index in [9.17, 15) is 9.18 Å². The molecule has 0 N–H and O–H groups in total. The summed E-state index contributed by atoms with van der Waals surface area (Å²) in [4.78, 5) is 19.4. The molecular formula is C30H38FN5O2. The third-order valence-corrected chi connectivity index (χ3v) is 7.62.